The minimum absolute atomic E-state index is 0.0115. The van der Waals surface area contributed by atoms with Crippen LogP contribution in [0.15, 0.2) is 53.6 Å². The van der Waals surface area contributed by atoms with Gasteiger partial charge in [-0.25, -0.2) is 0 Å². The molecule has 4 saturated carbocycles. The first kappa shape index (κ1) is 42.7. The molecular weight excluding hydrogens is 753 g/mol. The van der Waals surface area contributed by atoms with Crippen LogP contribution in [-0.2, 0) is 14.3 Å². The number of hydrogen-bond donors (Lipinski definition) is 2. The highest BCUT2D eigenvalue weighted by molar-refractivity contribution is 8.00. The predicted octanol–water partition coefficient (Wildman–Crippen LogP) is 9.76. The Morgan fingerprint density at radius 3 is 2.44 bits per heavy atom. The Bertz CT molecular complexity index is 2050. The molecule has 0 spiro atoms. The van der Waals surface area contributed by atoms with Gasteiger partial charge < -0.3 is 24.9 Å². The van der Waals surface area contributed by atoms with Crippen LogP contribution in [0, 0.1) is 63.2 Å². The highest BCUT2D eigenvalue weighted by Crippen LogP contribution is 2.76. The van der Waals surface area contributed by atoms with Crippen LogP contribution in [0.1, 0.15) is 119 Å². The number of nitrogens with one attached hydrogen (secondary N) is 1. The minimum Gasteiger partial charge on any atom is -0.481 e. The van der Waals surface area contributed by atoms with E-state index < -0.39 is 20.9 Å². The van der Waals surface area contributed by atoms with E-state index in [0.717, 1.165) is 50.5 Å². The second-order valence-electron chi connectivity index (χ2n) is 21.8. The van der Waals surface area contributed by atoms with Crippen LogP contribution in [0.5, 0.6) is 5.88 Å². The van der Waals surface area contributed by atoms with Gasteiger partial charge in [-0.3, -0.25) is 9.00 Å². The van der Waals surface area contributed by atoms with Crippen molar-refractivity contribution in [2.75, 3.05) is 44.3 Å². The molecular formula is C50H72N4O4S. The Labute approximate surface area is 355 Å². The van der Waals surface area contributed by atoms with Crippen molar-refractivity contribution in [3.63, 3.8) is 0 Å². The molecule has 10 atom stereocenters. The van der Waals surface area contributed by atoms with E-state index in [9.17, 15) is 14.1 Å². The largest absolute Gasteiger partial charge is 0.481 e. The number of allylic oxidation sites excluding steroid dienone is 5. The Hall–Kier alpha value is -2.93. The normalized spacial score (nSPS) is 41.1. The summed E-state index contributed by atoms with van der Waals surface area (Å²) in [7, 11) is -1.88. The smallest absolute Gasteiger partial charge is 0.313 e. The maximum absolute atomic E-state index is 12.8. The molecule has 5 fully saturated rings. The van der Waals surface area contributed by atoms with E-state index in [4.69, 9.17) is 11.3 Å². The molecule has 1 aromatic heterocycles. The number of carboxylic acid groups (broad SMARTS) is 1. The van der Waals surface area contributed by atoms with Crippen LogP contribution >= 0.6 is 0 Å². The molecule has 8 rings (SSSR count). The summed E-state index contributed by atoms with van der Waals surface area (Å²) in [4.78, 5) is 22.9. The summed E-state index contributed by atoms with van der Waals surface area (Å²) in [5.74, 6) is 8.28. The Kier molecular flexibility index (Phi) is 11.0. The summed E-state index contributed by atoms with van der Waals surface area (Å²) >= 11 is 0. The van der Waals surface area contributed by atoms with Crippen LogP contribution in [0.25, 0.3) is 4.85 Å². The average molecular weight is 825 g/mol. The van der Waals surface area contributed by atoms with E-state index in [2.05, 4.69) is 86.2 Å². The zero-order valence-corrected chi connectivity index (χ0v) is 37.9. The van der Waals surface area contributed by atoms with E-state index in [1.807, 2.05) is 0 Å². The average Bonchev–Trinajstić information content (AvgIpc) is 3.58. The number of aromatic nitrogens is 1. The fourth-order valence-corrected chi connectivity index (χ4v) is 16.8. The third kappa shape index (κ3) is 6.98. The molecule has 0 aromatic carbocycles. The highest BCUT2D eigenvalue weighted by Gasteiger charge is 2.70. The summed E-state index contributed by atoms with van der Waals surface area (Å²) in [5.41, 5.74) is 4.05. The molecule has 0 radical (unpaired) electrons. The molecule has 2 N–H and O–H groups in total. The quantitative estimate of drug-likeness (QED) is 0.138. The lowest BCUT2D eigenvalue weighted by Crippen LogP contribution is -2.68. The lowest BCUT2D eigenvalue weighted by Gasteiger charge is -2.72. The van der Waals surface area contributed by atoms with Gasteiger partial charge in [0.2, 0.25) is 0 Å². The third-order valence-corrected chi connectivity index (χ3v) is 20.7. The van der Waals surface area contributed by atoms with Crippen LogP contribution in [0.2, 0.25) is 0 Å². The van der Waals surface area contributed by atoms with Crippen LogP contribution in [-0.4, -0.2) is 80.9 Å². The number of hydrogen-bond acceptors (Lipinski definition) is 6. The Morgan fingerprint density at radius 2 is 1.76 bits per heavy atom. The molecule has 7 aliphatic rings. The Balaban J connectivity index is 1.00. The van der Waals surface area contributed by atoms with Gasteiger partial charge in [0, 0.05) is 49.3 Å². The van der Waals surface area contributed by atoms with E-state index in [-0.39, 0.29) is 39.6 Å². The van der Waals surface area contributed by atoms with Gasteiger partial charge in [-0.05, 0) is 168 Å². The first-order valence-electron chi connectivity index (χ1n) is 22.9. The van der Waals surface area contributed by atoms with Gasteiger partial charge in [0.25, 0.3) is 5.82 Å². The molecule has 0 bridgehead atoms. The molecule has 2 heterocycles. The SMILES string of the molecule is [C-]#[N+]c1cccc(OCC2(C(=O)O)CC=C(C3=CC[C@]4(C)[C@H]5CC[C@@H]6[C@H]7[C@H](C(=C)C)CC[C@]7(NCCN7CCS(=C)(=O)CC7)CC[C@@]6(C)[C@]5(C)CC[C@H]4C3(C)C)CC2)n1. The zero-order valence-electron chi connectivity index (χ0n) is 37.0. The minimum atomic E-state index is -1.88. The first-order chi connectivity index (χ1) is 27.8. The predicted molar refractivity (Wildman–Crippen MR) is 240 cm³/mol. The van der Waals surface area contributed by atoms with Crippen molar-refractivity contribution in [2.45, 2.75) is 124 Å². The molecule has 59 heavy (non-hydrogen) atoms. The molecule has 6 aliphatic carbocycles. The highest BCUT2D eigenvalue weighted by atomic mass is 32.2. The van der Waals surface area contributed by atoms with E-state index in [1.165, 1.54) is 68.1 Å². The van der Waals surface area contributed by atoms with E-state index in [1.54, 1.807) is 18.2 Å². The van der Waals surface area contributed by atoms with Gasteiger partial charge in [0.05, 0.1) is 0 Å². The topological polar surface area (TPSA) is 96.1 Å². The molecule has 0 amide bonds. The molecule has 322 valence electrons. The van der Waals surface area contributed by atoms with Crippen LogP contribution in [0.4, 0.5) is 5.82 Å². The van der Waals surface area contributed by atoms with Gasteiger partial charge in [-0.15, -0.1) is 0 Å². The molecule has 1 aliphatic heterocycles. The fourth-order valence-electron chi connectivity index (χ4n) is 15.4. The molecule has 8 nitrogen and oxygen atoms in total. The van der Waals surface area contributed by atoms with Crippen molar-refractivity contribution in [1.29, 1.82) is 0 Å². The van der Waals surface area contributed by atoms with Crippen molar-refractivity contribution in [3.05, 3.63) is 65.1 Å². The molecule has 1 saturated heterocycles. The van der Waals surface area contributed by atoms with Gasteiger partial charge >= 0.3 is 11.8 Å². The number of carbonyl (C=O) groups is 1. The molecule has 9 heteroatoms. The number of carboxylic acids is 1. The maximum Gasteiger partial charge on any atom is 0.313 e. The van der Waals surface area contributed by atoms with Crippen LogP contribution < -0.4 is 10.1 Å². The summed E-state index contributed by atoms with van der Waals surface area (Å²) in [6, 6.07) is 5.05. The number of nitrogens with zero attached hydrogens (tertiary/aromatic N) is 3. The number of rotatable bonds is 10. The fraction of sp³-hybridized carbons (Fsp3) is 0.720. The van der Waals surface area contributed by atoms with Crippen molar-refractivity contribution in [2.24, 2.45) is 56.7 Å². The standard InChI is InChI=1S/C50H72N4O4S/c1-34(2)36-17-24-50(52-27-28-54-29-31-59(9,57)32-30-54)26-25-47(6)38(43(36)50)13-14-40-46(5)20-18-37(45(3,4)39(46)19-21-48(40,47)7)35-15-22-49(23-16-35,44(55)56)33-58-42-12-10-11-41(51-8)53-42/h10-12,15,18,36,38-40,43,52H,1,9,13-14,16-17,19-33H2,2-7H3,(H,55,56)/t36-,38+,39-,40+,43+,46-,47+,48+,49?,50-/m0/s1. The Morgan fingerprint density at radius 1 is 1.00 bits per heavy atom. The van der Waals surface area contributed by atoms with Gasteiger partial charge in [-0.2, -0.15) is 0 Å². The lowest BCUT2D eigenvalue weighted by molar-refractivity contribution is -0.221. The number of ether oxygens (including phenoxy) is 1. The van der Waals surface area contributed by atoms with Gasteiger partial charge in [0.1, 0.15) is 12.0 Å². The third-order valence-electron chi connectivity index (χ3n) is 18.8. The number of aliphatic carboxylic acids is 1. The summed E-state index contributed by atoms with van der Waals surface area (Å²) < 4.78 is 18.5. The summed E-state index contributed by atoms with van der Waals surface area (Å²) in [5, 5.41) is 14.8. The monoisotopic (exact) mass is 825 g/mol. The second-order valence-corrected chi connectivity index (χ2v) is 24.5. The first-order valence-corrected chi connectivity index (χ1v) is 25.0. The van der Waals surface area contributed by atoms with E-state index >= 15 is 0 Å². The number of fused-ring (bicyclic) bond motifs is 7. The van der Waals surface area contributed by atoms with Crippen molar-refractivity contribution in [1.82, 2.24) is 15.2 Å². The van der Waals surface area contributed by atoms with Crippen molar-refractivity contribution in [3.8, 4) is 5.88 Å². The summed E-state index contributed by atoms with van der Waals surface area (Å²) in [6.45, 7) is 31.2. The molecule has 1 unspecified atom stereocenters. The zero-order chi connectivity index (χ0) is 42.2. The van der Waals surface area contributed by atoms with Crippen LogP contribution in [0.3, 0.4) is 0 Å². The maximum atomic E-state index is 12.8. The second kappa shape index (κ2) is 15.2. The van der Waals surface area contributed by atoms with Crippen molar-refractivity contribution < 1.29 is 18.8 Å². The molecule has 1 aromatic rings. The van der Waals surface area contributed by atoms with Crippen molar-refractivity contribution >= 4 is 27.2 Å². The summed E-state index contributed by atoms with van der Waals surface area (Å²) in [6.07, 6.45) is 17.7. The van der Waals surface area contributed by atoms with E-state index in [0.29, 0.717) is 48.3 Å². The number of pyridine rings is 1. The lowest BCUT2D eigenvalue weighted by atomic mass is 9.33. The van der Waals surface area contributed by atoms with Gasteiger partial charge in [0.15, 0.2) is 0 Å². The van der Waals surface area contributed by atoms with Gasteiger partial charge in [-0.1, -0.05) is 76.5 Å².